The Morgan fingerprint density at radius 3 is 1.81 bits per heavy atom. The average Bonchev–Trinajstić information content (AvgIpc) is 2.68. The van der Waals surface area contributed by atoms with Gasteiger partial charge >= 0.3 is 102 Å². The number of anilines is 2. The molecule has 0 atom stereocenters. The van der Waals surface area contributed by atoms with Crippen molar-refractivity contribution in [1.29, 1.82) is 0 Å². The van der Waals surface area contributed by atoms with Crippen LogP contribution >= 0.6 is 5.81 Å². The second-order valence-corrected chi connectivity index (χ2v) is 9.34. The molecule has 2 aromatic rings. The molecule has 2 nitrogen and oxygen atoms in total. The van der Waals surface area contributed by atoms with Gasteiger partial charge in [-0.1, -0.05) is 0 Å². The SMILES string of the molecule is [Se]=P1(c2ccccc2)Nc2ccccc2N1. The van der Waals surface area contributed by atoms with Crippen molar-refractivity contribution in [3.05, 3.63) is 54.6 Å². The van der Waals surface area contributed by atoms with E-state index in [0.29, 0.717) is 0 Å². The van der Waals surface area contributed by atoms with Gasteiger partial charge in [0.15, 0.2) is 0 Å². The van der Waals surface area contributed by atoms with E-state index in [1.807, 2.05) is 18.2 Å². The molecule has 0 unspecified atom stereocenters. The Bertz CT molecular complexity index is 539. The van der Waals surface area contributed by atoms with Crippen molar-refractivity contribution in [1.82, 2.24) is 0 Å². The fourth-order valence-corrected chi connectivity index (χ4v) is 5.79. The minimum absolute atomic E-state index is 1.18. The van der Waals surface area contributed by atoms with Crippen molar-refractivity contribution >= 4 is 37.6 Å². The van der Waals surface area contributed by atoms with Crippen LogP contribution in [0.4, 0.5) is 11.4 Å². The van der Waals surface area contributed by atoms with Crippen molar-refractivity contribution in [2.45, 2.75) is 0 Å². The Morgan fingerprint density at radius 2 is 1.25 bits per heavy atom. The van der Waals surface area contributed by atoms with E-state index in [2.05, 4.69) is 61.7 Å². The molecule has 0 aromatic heterocycles. The summed E-state index contributed by atoms with van der Waals surface area (Å²) >= 11 is 3.30. The molecule has 0 aliphatic carbocycles. The zero-order chi connectivity index (χ0) is 11.0. The first-order valence-corrected chi connectivity index (χ1v) is 9.10. The van der Waals surface area contributed by atoms with Gasteiger partial charge in [-0.25, -0.2) is 0 Å². The third-order valence-corrected chi connectivity index (χ3v) is 7.22. The molecular weight excluding hydrogens is 282 g/mol. The molecule has 2 N–H and O–H groups in total. The van der Waals surface area contributed by atoms with Gasteiger partial charge in [-0.15, -0.1) is 0 Å². The molecule has 1 heterocycles. The minimum atomic E-state index is -1.58. The van der Waals surface area contributed by atoms with Crippen LogP contribution in [0.2, 0.25) is 0 Å². The van der Waals surface area contributed by atoms with Gasteiger partial charge in [0.05, 0.1) is 0 Å². The molecule has 80 valence electrons. The monoisotopic (exact) mass is 294 g/mol. The fourth-order valence-electron chi connectivity index (χ4n) is 1.81. The second-order valence-electron chi connectivity index (χ2n) is 3.71. The van der Waals surface area contributed by atoms with E-state index >= 15 is 0 Å². The van der Waals surface area contributed by atoms with Crippen LogP contribution in [0.5, 0.6) is 0 Å². The molecule has 16 heavy (non-hydrogen) atoms. The molecule has 0 radical (unpaired) electrons. The van der Waals surface area contributed by atoms with Gasteiger partial charge in [-0.2, -0.15) is 0 Å². The summed E-state index contributed by atoms with van der Waals surface area (Å²) in [4.78, 5) is 0. The van der Waals surface area contributed by atoms with Gasteiger partial charge in [-0.3, -0.25) is 0 Å². The van der Waals surface area contributed by atoms with Gasteiger partial charge < -0.3 is 0 Å². The van der Waals surface area contributed by atoms with E-state index < -0.39 is 5.81 Å². The normalized spacial score (nSPS) is 16.0. The standard InChI is InChI=1S/C12H11N2PSe/c16-15(10-6-2-1-3-7-10)13-11-8-4-5-9-12(11)14-15/h1-9H,(H2,13,14,16). The summed E-state index contributed by atoms with van der Waals surface area (Å²) in [5.41, 5.74) is 2.36. The van der Waals surface area contributed by atoms with Crippen molar-refractivity contribution in [2.75, 3.05) is 10.2 Å². The van der Waals surface area contributed by atoms with E-state index in [0.717, 1.165) is 0 Å². The van der Waals surface area contributed by atoms with Gasteiger partial charge in [0, 0.05) is 0 Å². The number of para-hydroxylation sites is 2. The predicted molar refractivity (Wildman–Crippen MR) is 72.4 cm³/mol. The van der Waals surface area contributed by atoms with Crippen LogP contribution in [-0.4, -0.2) is 15.1 Å². The van der Waals surface area contributed by atoms with Gasteiger partial charge in [-0.05, 0) is 0 Å². The van der Waals surface area contributed by atoms with Crippen LogP contribution in [0.15, 0.2) is 54.6 Å². The van der Waals surface area contributed by atoms with Gasteiger partial charge in [0.25, 0.3) is 0 Å². The van der Waals surface area contributed by atoms with Crippen LogP contribution < -0.4 is 15.5 Å². The third kappa shape index (κ3) is 1.62. The Hall–Kier alpha value is -1.01. The molecular formula is C12H11N2PSe. The summed E-state index contributed by atoms with van der Waals surface area (Å²) in [5, 5.41) is 8.44. The molecule has 0 saturated heterocycles. The predicted octanol–water partition coefficient (Wildman–Crippen LogP) is 2.78. The van der Waals surface area contributed by atoms with Crippen LogP contribution in [0.3, 0.4) is 0 Å². The van der Waals surface area contributed by atoms with Crippen LogP contribution in [0.25, 0.3) is 0 Å². The second kappa shape index (κ2) is 3.78. The molecule has 4 heteroatoms. The molecule has 3 rings (SSSR count). The zero-order valence-electron chi connectivity index (χ0n) is 8.55. The molecule has 2 aromatic carbocycles. The molecule has 1 aliphatic heterocycles. The van der Waals surface area contributed by atoms with Crippen LogP contribution in [0, 0.1) is 0 Å². The van der Waals surface area contributed by atoms with Crippen LogP contribution in [0.1, 0.15) is 0 Å². The topological polar surface area (TPSA) is 24.1 Å². The Kier molecular flexibility index (Phi) is 2.40. The summed E-state index contributed by atoms with van der Waals surface area (Å²) in [5.74, 6) is -1.58. The quantitative estimate of drug-likeness (QED) is 0.624. The third-order valence-electron chi connectivity index (χ3n) is 2.60. The summed E-state index contributed by atoms with van der Waals surface area (Å²) < 4.78 is 0. The van der Waals surface area contributed by atoms with E-state index in [-0.39, 0.29) is 0 Å². The Morgan fingerprint density at radius 1 is 0.750 bits per heavy atom. The fraction of sp³-hybridized carbons (Fsp3) is 0. The Labute approximate surface area is 102 Å². The van der Waals surface area contributed by atoms with E-state index in [1.54, 1.807) is 0 Å². The van der Waals surface area contributed by atoms with Crippen LogP contribution in [-0.2, 0) is 0 Å². The maximum atomic E-state index is 3.57. The number of fused-ring (bicyclic) bond motifs is 1. The van der Waals surface area contributed by atoms with Gasteiger partial charge in [0.1, 0.15) is 0 Å². The van der Waals surface area contributed by atoms with Gasteiger partial charge in [0.2, 0.25) is 0 Å². The first-order chi connectivity index (χ1) is 7.78. The number of hydrogen-bond donors (Lipinski definition) is 2. The summed E-state index contributed by atoms with van der Waals surface area (Å²) in [6, 6.07) is 18.8. The zero-order valence-corrected chi connectivity index (χ0v) is 11.2. The number of rotatable bonds is 1. The first-order valence-electron chi connectivity index (χ1n) is 5.09. The number of nitrogens with one attached hydrogen (secondary N) is 2. The average molecular weight is 293 g/mol. The van der Waals surface area contributed by atoms with Crippen molar-refractivity contribution < 1.29 is 0 Å². The molecule has 0 amide bonds. The molecule has 0 bridgehead atoms. The van der Waals surface area contributed by atoms with E-state index in [1.165, 1.54) is 16.7 Å². The maximum absolute atomic E-state index is 3.57. The van der Waals surface area contributed by atoms with Crippen molar-refractivity contribution in [3.63, 3.8) is 0 Å². The van der Waals surface area contributed by atoms with E-state index in [4.69, 9.17) is 0 Å². The van der Waals surface area contributed by atoms with Crippen molar-refractivity contribution in [2.24, 2.45) is 0 Å². The summed E-state index contributed by atoms with van der Waals surface area (Å²) in [6.45, 7) is 0. The first kappa shape index (κ1) is 10.2. The van der Waals surface area contributed by atoms with Crippen molar-refractivity contribution in [3.8, 4) is 0 Å². The molecule has 1 aliphatic rings. The molecule has 0 spiro atoms. The number of hydrogen-bond acceptors (Lipinski definition) is 2. The summed E-state index contributed by atoms with van der Waals surface area (Å²) in [7, 11) is 0. The van der Waals surface area contributed by atoms with E-state index in [9.17, 15) is 0 Å². The number of benzene rings is 2. The Balaban J connectivity index is 2.04. The molecule has 0 saturated carbocycles. The molecule has 0 fully saturated rings. The summed E-state index contributed by atoms with van der Waals surface area (Å²) in [6.07, 6.45) is 0.